The molecule has 5 heteroatoms. The minimum Gasteiger partial charge on any atom is -0.496 e. The van der Waals surface area contributed by atoms with E-state index in [1.807, 2.05) is 6.07 Å². The predicted octanol–water partition coefficient (Wildman–Crippen LogP) is 9.05. The number of ether oxygens (including phenoxy) is 1. The van der Waals surface area contributed by atoms with Gasteiger partial charge in [-0.05, 0) is 41.7 Å². The molecule has 0 atom stereocenters. The van der Waals surface area contributed by atoms with Gasteiger partial charge < -0.3 is 10.1 Å². The fourth-order valence-corrected chi connectivity index (χ4v) is 4.53. The zero-order valence-corrected chi connectivity index (χ0v) is 24.9. The second-order valence-electron chi connectivity index (χ2n) is 11.1. The molecule has 0 spiro atoms. The Morgan fingerprint density at radius 1 is 0.833 bits per heavy atom. The smallest absolute Gasteiger partial charge is 0.186 e. The van der Waals surface area contributed by atoms with Crippen LogP contribution >= 0.6 is 12.2 Å². The van der Waals surface area contributed by atoms with Gasteiger partial charge in [-0.25, -0.2) is 0 Å². The van der Waals surface area contributed by atoms with E-state index in [-0.39, 0.29) is 5.41 Å². The minimum atomic E-state index is 0.0755. The normalized spacial score (nSPS) is 11.7. The second-order valence-corrected chi connectivity index (χ2v) is 11.5. The lowest BCUT2D eigenvalue weighted by atomic mass is 9.86. The molecule has 1 aromatic rings. The van der Waals surface area contributed by atoms with Crippen molar-refractivity contribution in [3.8, 4) is 5.75 Å². The highest BCUT2D eigenvalue weighted by Gasteiger charge is 2.15. The SMILES string of the molecule is CCCCCCCCCCCCCCCCCCNC(=S)NN=Cc1cc(C(C)(C)C)ccc1OC. The van der Waals surface area contributed by atoms with Crippen molar-refractivity contribution in [2.24, 2.45) is 5.10 Å². The van der Waals surface area contributed by atoms with Gasteiger partial charge >= 0.3 is 0 Å². The highest BCUT2D eigenvalue weighted by Crippen LogP contribution is 2.27. The molecule has 0 saturated carbocycles. The van der Waals surface area contributed by atoms with Crippen molar-refractivity contribution < 1.29 is 4.74 Å². The molecular formula is C31H55N3OS. The Morgan fingerprint density at radius 3 is 1.81 bits per heavy atom. The Kier molecular flexibility index (Phi) is 18.4. The van der Waals surface area contributed by atoms with Crippen LogP contribution in [0.1, 0.15) is 142 Å². The van der Waals surface area contributed by atoms with Gasteiger partial charge in [0.15, 0.2) is 5.11 Å². The molecule has 0 saturated heterocycles. The average Bonchev–Trinajstić information content (AvgIpc) is 2.85. The van der Waals surface area contributed by atoms with Gasteiger partial charge in [-0.2, -0.15) is 5.10 Å². The number of nitrogens with zero attached hydrogens (tertiary/aromatic N) is 1. The zero-order valence-electron chi connectivity index (χ0n) is 24.1. The predicted molar refractivity (Wildman–Crippen MR) is 163 cm³/mol. The summed E-state index contributed by atoms with van der Waals surface area (Å²) in [5.74, 6) is 0.806. The molecule has 0 bridgehead atoms. The Bertz CT molecular complexity index is 727. The van der Waals surface area contributed by atoms with Crippen molar-refractivity contribution in [2.75, 3.05) is 13.7 Å². The van der Waals surface area contributed by atoms with Crippen LogP contribution in [-0.4, -0.2) is 25.0 Å². The summed E-state index contributed by atoms with van der Waals surface area (Å²) in [5, 5.41) is 8.14. The average molecular weight is 518 g/mol. The molecule has 0 radical (unpaired) electrons. The van der Waals surface area contributed by atoms with E-state index in [1.54, 1.807) is 13.3 Å². The number of hydrazone groups is 1. The summed E-state index contributed by atoms with van der Waals surface area (Å²) in [6.07, 6.45) is 23.9. The minimum absolute atomic E-state index is 0.0755. The summed E-state index contributed by atoms with van der Waals surface area (Å²) in [4.78, 5) is 0. The fourth-order valence-electron chi connectivity index (χ4n) is 4.38. The van der Waals surface area contributed by atoms with Crippen molar-refractivity contribution in [3.63, 3.8) is 0 Å². The maximum atomic E-state index is 5.47. The number of benzene rings is 1. The molecule has 4 nitrogen and oxygen atoms in total. The first kappa shape index (κ1) is 32.4. The van der Waals surface area contributed by atoms with E-state index in [9.17, 15) is 0 Å². The van der Waals surface area contributed by atoms with E-state index < -0.39 is 0 Å². The molecule has 0 aromatic heterocycles. The standard InChI is InChI=1S/C31H55N3OS/c1-6-7-8-9-10-11-12-13-14-15-16-17-18-19-20-21-24-32-30(36)34-33-26-27-25-28(31(2,3)4)22-23-29(27)35-5/h22-23,25-26H,6-21,24H2,1-5H3,(H2,32,34,36). The van der Waals surface area contributed by atoms with E-state index in [2.05, 4.69) is 55.7 Å². The monoisotopic (exact) mass is 517 g/mol. The topological polar surface area (TPSA) is 45.7 Å². The highest BCUT2D eigenvalue weighted by molar-refractivity contribution is 7.80. The van der Waals surface area contributed by atoms with Crippen LogP contribution in [0.2, 0.25) is 0 Å². The van der Waals surface area contributed by atoms with Crippen LogP contribution in [0.3, 0.4) is 0 Å². The third-order valence-electron chi connectivity index (χ3n) is 6.78. The van der Waals surface area contributed by atoms with Crippen molar-refractivity contribution in [1.29, 1.82) is 0 Å². The number of nitrogens with one attached hydrogen (secondary N) is 2. The number of rotatable bonds is 20. The van der Waals surface area contributed by atoms with Crippen LogP contribution in [0.15, 0.2) is 23.3 Å². The molecule has 0 aliphatic rings. The van der Waals surface area contributed by atoms with Crippen LogP contribution in [0.25, 0.3) is 0 Å². The molecule has 1 rings (SSSR count). The summed E-state index contributed by atoms with van der Waals surface area (Å²) >= 11 is 5.36. The van der Waals surface area contributed by atoms with Crippen LogP contribution < -0.4 is 15.5 Å². The number of unbranched alkanes of at least 4 members (excludes halogenated alkanes) is 15. The van der Waals surface area contributed by atoms with Crippen LogP contribution in [-0.2, 0) is 5.41 Å². The Labute approximate surface area is 228 Å². The van der Waals surface area contributed by atoms with Gasteiger partial charge in [0, 0.05) is 12.1 Å². The molecule has 0 amide bonds. The lowest BCUT2D eigenvalue weighted by molar-refractivity contribution is 0.413. The van der Waals surface area contributed by atoms with Crippen molar-refractivity contribution in [3.05, 3.63) is 29.3 Å². The fraction of sp³-hybridized carbons (Fsp3) is 0.742. The summed E-state index contributed by atoms with van der Waals surface area (Å²) in [6.45, 7) is 9.78. The van der Waals surface area contributed by atoms with E-state index in [0.717, 1.165) is 24.3 Å². The van der Waals surface area contributed by atoms with Gasteiger partial charge in [-0.3, -0.25) is 5.43 Å². The molecule has 0 aliphatic heterocycles. The third kappa shape index (κ3) is 16.2. The molecule has 36 heavy (non-hydrogen) atoms. The first-order valence-electron chi connectivity index (χ1n) is 14.6. The van der Waals surface area contributed by atoms with Gasteiger partial charge in [-0.15, -0.1) is 0 Å². The van der Waals surface area contributed by atoms with E-state index in [4.69, 9.17) is 17.0 Å². The zero-order chi connectivity index (χ0) is 26.5. The van der Waals surface area contributed by atoms with Crippen LogP contribution in [0.4, 0.5) is 0 Å². The van der Waals surface area contributed by atoms with Crippen molar-refractivity contribution in [2.45, 2.75) is 136 Å². The Hall–Kier alpha value is -1.62. The van der Waals surface area contributed by atoms with E-state index >= 15 is 0 Å². The van der Waals surface area contributed by atoms with E-state index in [1.165, 1.54) is 102 Å². The molecule has 0 fully saturated rings. The van der Waals surface area contributed by atoms with Gasteiger partial charge in [-0.1, -0.05) is 130 Å². The summed E-state index contributed by atoms with van der Waals surface area (Å²) in [5.41, 5.74) is 5.19. The second kappa shape index (κ2) is 20.4. The highest BCUT2D eigenvalue weighted by atomic mass is 32.1. The first-order chi connectivity index (χ1) is 17.4. The van der Waals surface area contributed by atoms with Gasteiger partial charge in [0.1, 0.15) is 5.75 Å². The summed E-state index contributed by atoms with van der Waals surface area (Å²) < 4.78 is 5.47. The lowest BCUT2D eigenvalue weighted by Crippen LogP contribution is -2.32. The third-order valence-corrected chi connectivity index (χ3v) is 7.02. The van der Waals surface area contributed by atoms with Crippen LogP contribution in [0, 0.1) is 0 Å². The molecule has 2 N–H and O–H groups in total. The lowest BCUT2D eigenvalue weighted by Gasteiger charge is -2.20. The molecule has 0 heterocycles. The Morgan fingerprint density at radius 2 is 1.33 bits per heavy atom. The van der Waals surface area contributed by atoms with Crippen molar-refractivity contribution in [1.82, 2.24) is 10.7 Å². The molecule has 0 aliphatic carbocycles. The maximum absolute atomic E-state index is 5.47. The largest absolute Gasteiger partial charge is 0.496 e. The van der Waals surface area contributed by atoms with Gasteiger partial charge in [0.2, 0.25) is 0 Å². The first-order valence-corrected chi connectivity index (χ1v) is 15.0. The number of hydrogen-bond donors (Lipinski definition) is 2. The Balaban J connectivity index is 2.01. The maximum Gasteiger partial charge on any atom is 0.186 e. The van der Waals surface area contributed by atoms with Crippen molar-refractivity contribution >= 4 is 23.5 Å². The number of hydrogen-bond acceptors (Lipinski definition) is 3. The quantitative estimate of drug-likeness (QED) is 0.0783. The number of methoxy groups -OCH3 is 1. The summed E-state index contributed by atoms with van der Waals surface area (Å²) in [7, 11) is 1.68. The molecule has 0 unspecified atom stereocenters. The molecule has 206 valence electrons. The molecule has 1 aromatic carbocycles. The molecular weight excluding hydrogens is 462 g/mol. The van der Waals surface area contributed by atoms with Crippen LogP contribution in [0.5, 0.6) is 5.75 Å². The van der Waals surface area contributed by atoms with Gasteiger partial charge in [0.25, 0.3) is 0 Å². The summed E-state index contributed by atoms with van der Waals surface area (Å²) in [6, 6.07) is 6.22. The number of thiocarbonyl (C=S) groups is 1. The van der Waals surface area contributed by atoms with E-state index in [0.29, 0.717) is 5.11 Å². The van der Waals surface area contributed by atoms with Gasteiger partial charge in [0.05, 0.1) is 13.3 Å².